The van der Waals surface area contributed by atoms with Crippen LogP contribution in [-0.4, -0.2) is 17.0 Å². The molecule has 0 heterocycles. The Balaban J connectivity index is 2.06. The first-order valence-electron chi connectivity index (χ1n) is 10.8. The van der Waals surface area contributed by atoms with Crippen molar-refractivity contribution in [2.45, 2.75) is 50.9 Å². The highest BCUT2D eigenvalue weighted by molar-refractivity contribution is 6.09. The molecular weight excluding hydrogens is 495 g/mol. The number of hydrogen-bond acceptors (Lipinski definition) is 2. The van der Waals surface area contributed by atoms with Crippen LogP contribution in [0.5, 0.6) is 0 Å². The zero-order valence-corrected chi connectivity index (χ0v) is 18.8. The van der Waals surface area contributed by atoms with E-state index < -0.39 is 58.2 Å². The minimum absolute atomic E-state index is 0.125. The van der Waals surface area contributed by atoms with Crippen molar-refractivity contribution in [2.24, 2.45) is 5.41 Å². The number of carbonyl (C=O) groups is 2. The first-order chi connectivity index (χ1) is 16.7. The molecule has 0 spiro atoms. The highest BCUT2D eigenvalue weighted by Crippen LogP contribution is 2.49. The Morgan fingerprint density at radius 2 is 1.72 bits per heavy atom. The van der Waals surface area contributed by atoms with Crippen LogP contribution in [0.4, 0.5) is 36.4 Å². The highest BCUT2D eigenvalue weighted by atomic mass is 19.4. The second kappa shape index (κ2) is 9.84. The number of carboxylic acid groups (broad SMARTS) is 1. The number of amides is 1. The normalized spacial score (nSPS) is 20.3. The number of nitrogens with one attached hydrogen (secondary N) is 1. The van der Waals surface area contributed by atoms with Gasteiger partial charge in [-0.05, 0) is 55.7 Å². The molecule has 36 heavy (non-hydrogen) atoms. The monoisotopic (exact) mass is 515 g/mol. The molecule has 0 saturated heterocycles. The maximum atomic E-state index is 14.4. The Labute approximate surface area is 201 Å². The molecule has 4 nitrogen and oxygen atoms in total. The van der Waals surface area contributed by atoms with Crippen molar-refractivity contribution in [3.8, 4) is 11.8 Å². The lowest BCUT2D eigenvalue weighted by Crippen LogP contribution is -2.49. The molecule has 2 N–H and O–H groups in total. The van der Waals surface area contributed by atoms with Gasteiger partial charge in [-0.1, -0.05) is 24.8 Å². The van der Waals surface area contributed by atoms with E-state index in [-0.39, 0.29) is 36.5 Å². The maximum absolute atomic E-state index is 14.4. The number of carbonyl (C=O) groups excluding carboxylic acids is 1. The summed E-state index contributed by atoms with van der Waals surface area (Å²) in [5, 5.41) is 12.2. The largest absolute Gasteiger partial charge is 0.480 e. The molecular formula is C25H20F7NO3. The topological polar surface area (TPSA) is 66.4 Å². The Morgan fingerprint density at radius 3 is 2.28 bits per heavy atom. The standard InChI is InChI=1S/C25H20F7NO3/c1-2-5-14-12-15(7-9-18(14)25(30,31)32)17-6-3-4-11-23(17,22(35)36)21(34)33-20-10-8-16(13-19(20)26)24(27,28)29/h7-10,12-13,17H,3-4,6,11H2,1H3,(H,33,34)(H,35,36). The van der Waals surface area contributed by atoms with E-state index in [1.165, 1.54) is 6.92 Å². The van der Waals surface area contributed by atoms with Crippen LogP contribution in [0.2, 0.25) is 0 Å². The van der Waals surface area contributed by atoms with Crippen LogP contribution in [-0.2, 0) is 21.9 Å². The van der Waals surface area contributed by atoms with E-state index in [1.54, 1.807) is 0 Å². The summed E-state index contributed by atoms with van der Waals surface area (Å²) in [4.78, 5) is 25.8. The molecule has 1 amide bonds. The Hall–Kier alpha value is -3.55. The molecule has 1 saturated carbocycles. The van der Waals surface area contributed by atoms with Gasteiger partial charge >= 0.3 is 18.3 Å². The van der Waals surface area contributed by atoms with Gasteiger partial charge in [0.2, 0.25) is 5.91 Å². The molecule has 2 aromatic rings. The lowest BCUT2D eigenvalue weighted by molar-refractivity contribution is -0.158. The number of halogens is 7. The molecule has 1 aliphatic rings. The van der Waals surface area contributed by atoms with Crippen molar-refractivity contribution in [3.63, 3.8) is 0 Å². The molecule has 2 atom stereocenters. The minimum Gasteiger partial charge on any atom is -0.480 e. The van der Waals surface area contributed by atoms with Gasteiger partial charge in [-0.2, -0.15) is 26.3 Å². The van der Waals surface area contributed by atoms with Crippen LogP contribution < -0.4 is 5.32 Å². The first kappa shape index (κ1) is 27.0. The fourth-order valence-electron chi connectivity index (χ4n) is 4.54. The van der Waals surface area contributed by atoms with E-state index >= 15 is 0 Å². The predicted octanol–water partition coefficient (Wildman–Crippen LogP) is 6.60. The van der Waals surface area contributed by atoms with Gasteiger partial charge in [-0.15, -0.1) is 5.92 Å². The Bertz CT molecular complexity index is 1240. The van der Waals surface area contributed by atoms with Crippen molar-refractivity contribution >= 4 is 17.6 Å². The molecule has 0 aromatic heterocycles. The predicted molar refractivity (Wildman–Crippen MR) is 115 cm³/mol. The second-order valence-corrected chi connectivity index (χ2v) is 8.40. The van der Waals surface area contributed by atoms with Gasteiger partial charge in [0.15, 0.2) is 5.41 Å². The number of benzene rings is 2. The number of anilines is 1. The number of aliphatic carboxylic acids is 1. The van der Waals surface area contributed by atoms with E-state index in [1.807, 2.05) is 0 Å². The Morgan fingerprint density at radius 1 is 1.03 bits per heavy atom. The highest BCUT2D eigenvalue weighted by Gasteiger charge is 2.54. The smallest absolute Gasteiger partial charge is 0.417 e. The Kier molecular flexibility index (Phi) is 7.39. The van der Waals surface area contributed by atoms with Crippen LogP contribution in [0.3, 0.4) is 0 Å². The molecule has 0 bridgehead atoms. The van der Waals surface area contributed by atoms with E-state index in [2.05, 4.69) is 17.2 Å². The summed E-state index contributed by atoms with van der Waals surface area (Å²) in [5.74, 6) is -0.542. The number of carboxylic acids is 1. The summed E-state index contributed by atoms with van der Waals surface area (Å²) < 4.78 is 93.1. The summed E-state index contributed by atoms with van der Waals surface area (Å²) >= 11 is 0. The van der Waals surface area contributed by atoms with E-state index in [0.717, 1.165) is 18.2 Å². The van der Waals surface area contributed by atoms with Crippen molar-refractivity contribution in [1.82, 2.24) is 0 Å². The number of rotatable bonds is 4. The average Bonchev–Trinajstić information content (AvgIpc) is 2.78. The summed E-state index contributed by atoms with van der Waals surface area (Å²) in [6, 6.07) is 4.34. The molecule has 2 aromatic carbocycles. The second-order valence-electron chi connectivity index (χ2n) is 8.40. The van der Waals surface area contributed by atoms with Crippen molar-refractivity contribution in [2.75, 3.05) is 5.32 Å². The number of hydrogen-bond donors (Lipinski definition) is 2. The van der Waals surface area contributed by atoms with Crippen LogP contribution in [0.25, 0.3) is 0 Å². The van der Waals surface area contributed by atoms with Gasteiger partial charge in [0.25, 0.3) is 0 Å². The third kappa shape index (κ3) is 5.17. The van der Waals surface area contributed by atoms with Gasteiger partial charge in [0.1, 0.15) is 5.82 Å². The lowest BCUT2D eigenvalue weighted by atomic mass is 9.63. The van der Waals surface area contributed by atoms with Crippen molar-refractivity contribution in [1.29, 1.82) is 0 Å². The molecule has 3 rings (SSSR count). The van der Waals surface area contributed by atoms with Gasteiger partial charge in [-0.25, -0.2) is 4.39 Å². The van der Waals surface area contributed by atoms with Crippen LogP contribution >= 0.6 is 0 Å². The SMILES string of the molecule is CC#Cc1cc(C2CCCCC2(C(=O)O)C(=O)Nc2ccc(C(F)(F)F)cc2F)ccc1C(F)(F)F. The molecule has 11 heteroatoms. The van der Waals surface area contributed by atoms with E-state index in [9.17, 15) is 45.4 Å². The first-order valence-corrected chi connectivity index (χ1v) is 10.8. The van der Waals surface area contributed by atoms with Crippen molar-refractivity contribution < 1.29 is 45.4 Å². The van der Waals surface area contributed by atoms with E-state index in [0.29, 0.717) is 18.6 Å². The molecule has 1 aliphatic carbocycles. The molecule has 0 aliphatic heterocycles. The summed E-state index contributed by atoms with van der Waals surface area (Å²) in [6.45, 7) is 1.33. The van der Waals surface area contributed by atoms with Gasteiger partial charge in [0.05, 0.1) is 16.8 Å². The van der Waals surface area contributed by atoms with E-state index in [4.69, 9.17) is 0 Å². The van der Waals surface area contributed by atoms with Crippen LogP contribution in [0.1, 0.15) is 60.8 Å². The summed E-state index contributed by atoms with van der Waals surface area (Å²) in [5.41, 5.74) is -5.43. The third-order valence-corrected chi connectivity index (χ3v) is 6.25. The maximum Gasteiger partial charge on any atom is 0.417 e. The fraction of sp³-hybridized carbons (Fsp3) is 0.360. The van der Waals surface area contributed by atoms with Crippen LogP contribution in [0.15, 0.2) is 36.4 Å². The quantitative estimate of drug-likeness (QED) is 0.274. The molecule has 0 radical (unpaired) electrons. The molecule has 2 unspecified atom stereocenters. The van der Waals surface area contributed by atoms with Gasteiger partial charge < -0.3 is 10.4 Å². The third-order valence-electron chi connectivity index (χ3n) is 6.25. The average molecular weight is 515 g/mol. The summed E-state index contributed by atoms with van der Waals surface area (Å²) in [6.07, 6.45) is -8.88. The van der Waals surface area contributed by atoms with Gasteiger partial charge in [-0.3, -0.25) is 9.59 Å². The fourth-order valence-corrected chi connectivity index (χ4v) is 4.54. The lowest BCUT2D eigenvalue weighted by Gasteiger charge is -2.40. The summed E-state index contributed by atoms with van der Waals surface area (Å²) in [7, 11) is 0. The van der Waals surface area contributed by atoms with Crippen molar-refractivity contribution in [3.05, 3.63) is 64.5 Å². The molecule has 192 valence electrons. The minimum atomic E-state index is -4.83. The zero-order valence-electron chi connectivity index (χ0n) is 18.8. The van der Waals surface area contributed by atoms with Crippen LogP contribution in [0, 0.1) is 23.1 Å². The zero-order chi connectivity index (χ0) is 26.9. The number of alkyl halides is 6. The van der Waals surface area contributed by atoms with Gasteiger partial charge in [0, 0.05) is 11.5 Å². The molecule has 1 fully saturated rings.